The molecule has 0 spiro atoms. The first-order valence-corrected chi connectivity index (χ1v) is 10.4. The van der Waals surface area contributed by atoms with Crippen molar-refractivity contribution in [2.24, 2.45) is 5.92 Å². The summed E-state index contributed by atoms with van der Waals surface area (Å²) < 4.78 is 6.27. The first-order chi connectivity index (χ1) is 13.2. The average molecular weight is 470 g/mol. The van der Waals surface area contributed by atoms with E-state index in [9.17, 15) is 14.4 Å². The number of anilines is 1. The smallest absolute Gasteiger partial charge is 0.331 e. The van der Waals surface area contributed by atoms with E-state index in [1.54, 1.807) is 58.9 Å². The van der Waals surface area contributed by atoms with Gasteiger partial charge in [0.2, 0.25) is 5.91 Å². The van der Waals surface area contributed by atoms with Crippen molar-refractivity contribution in [3.05, 3.63) is 28.7 Å². The number of nitrogens with one attached hydrogen (secondary N) is 3. The molecule has 1 rings (SSSR count). The number of esters is 1. The van der Waals surface area contributed by atoms with E-state index in [2.05, 4.69) is 31.9 Å². The van der Waals surface area contributed by atoms with E-state index >= 15 is 0 Å². The summed E-state index contributed by atoms with van der Waals surface area (Å²) in [5.41, 5.74) is -1.30. The maximum atomic E-state index is 12.8. The molecule has 1 atom stereocenters. The second-order valence-corrected chi connectivity index (χ2v) is 9.82. The Morgan fingerprint density at radius 3 is 2.07 bits per heavy atom. The number of carbonyl (C=O) groups excluding carboxylic acids is 3. The molecule has 3 N–H and O–H groups in total. The molecule has 0 radical (unpaired) electrons. The van der Waals surface area contributed by atoms with Gasteiger partial charge in [0.05, 0.1) is 0 Å². The average Bonchev–Trinajstić information content (AvgIpc) is 2.54. The molecule has 7 nitrogen and oxygen atoms in total. The fourth-order valence-corrected chi connectivity index (χ4v) is 2.68. The maximum absolute atomic E-state index is 12.8. The van der Waals surface area contributed by atoms with Crippen LogP contribution in [0.15, 0.2) is 28.7 Å². The Kier molecular flexibility index (Phi) is 8.68. The Morgan fingerprint density at radius 1 is 1.03 bits per heavy atom. The first-order valence-electron chi connectivity index (χ1n) is 9.58. The highest BCUT2D eigenvalue weighted by Gasteiger charge is 2.36. The second kappa shape index (κ2) is 10.1. The van der Waals surface area contributed by atoms with E-state index < -0.39 is 35.1 Å². The highest BCUT2D eigenvalue weighted by molar-refractivity contribution is 9.10. The topological polar surface area (TPSA) is 96.5 Å². The molecule has 1 aromatic rings. The molecule has 29 heavy (non-hydrogen) atoms. The van der Waals surface area contributed by atoms with E-state index in [1.165, 1.54) is 0 Å². The van der Waals surface area contributed by atoms with Gasteiger partial charge in [-0.05, 0) is 71.2 Å². The van der Waals surface area contributed by atoms with E-state index in [0.29, 0.717) is 12.1 Å². The number of halogens is 1. The fourth-order valence-electron chi connectivity index (χ4n) is 2.41. The molecule has 1 aromatic carbocycles. The van der Waals surface area contributed by atoms with Crippen LogP contribution >= 0.6 is 15.9 Å². The monoisotopic (exact) mass is 469 g/mol. The lowest BCUT2D eigenvalue weighted by Gasteiger charge is -2.31. The Hall–Kier alpha value is -2.09. The SMILES string of the molecule is CC(C)C[C@@H](NC(=O)Nc1ccc(Br)cc1)C(=O)NC(C)(C)C(=O)OC(C)(C)C. The Labute approximate surface area is 181 Å². The summed E-state index contributed by atoms with van der Waals surface area (Å²) in [7, 11) is 0. The van der Waals surface area contributed by atoms with Crippen molar-refractivity contribution in [3.63, 3.8) is 0 Å². The first kappa shape index (κ1) is 24.9. The number of carbonyl (C=O) groups is 3. The lowest BCUT2D eigenvalue weighted by molar-refractivity contribution is -0.163. The third-order valence-corrected chi connectivity index (χ3v) is 4.30. The number of benzene rings is 1. The fraction of sp³-hybridized carbons (Fsp3) is 0.571. The molecule has 0 saturated carbocycles. The van der Waals surface area contributed by atoms with E-state index in [1.807, 2.05) is 13.8 Å². The summed E-state index contributed by atoms with van der Waals surface area (Å²) >= 11 is 3.34. The Morgan fingerprint density at radius 2 is 1.59 bits per heavy atom. The van der Waals surface area contributed by atoms with Gasteiger partial charge in [0, 0.05) is 10.2 Å². The Balaban J connectivity index is 2.82. The summed E-state index contributed by atoms with van der Waals surface area (Å²) in [6.07, 6.45) is 0.421. The van der Waals surface area contributed by atoms with Crippen LogP contribution in [0.25, 0.3) is 0 Å². The van der Waals surface area contributed by atoms with Crippen molar-refractivity contribution in [3.8, 4) is 0 Å². The van der Waals surface area contributed by atoms with Crippen molar-refractivity contribution >= 4 is 39.5 Å². The van der Waals surface area contributed by atoms with Crippen LogP contribution in [0.3, 0.4) is 0 Å². The van der Waals surface area contributed by atoms with Crippen molar-refractivity contribution in [1.82, 2.24) is 10.6 Å². The van der Waals surface area contributed by atoms with E-state index in [0.717, 1.165) is 4.47 Å². The largest absolute Gasteiger partial charge is 0.458 e. The van der Waals surface area contributed by atoms with Gasteiger partial charge in [0.25, 0.3) is 0 Å². The van der Waals surface area contributed by atoms with Gasteiger partial charge in [0.15, 0.2) is 0 Å². The van der Waals surface area contributed by atoms with Crippen LogP contribution in [0.1, 0.15) is 54.9 Å². The van der Waals surface area contributed by atoms with Gasteiger partial charge in [-0.25, -0.2) is 9.59 Å². The van der Waals surface area contributed by atoms with E-state index in [4.69, 9.17) is 4.74 Å². The summed E-state index contributed by atoms with van der Waals surface area (Å²) in [6, 6.07) is 5.80. The van der Waals surface area contributed by atoms with E-state index in [-0.39, 0.29) is 5.92 Å². The highest BCUT2D eigenvalue weighted by atomic mass is 79.9. The molecule has 162 valence electrons. The minimum absolute atomic E-state index is 0.156. The Bertz CT molecular complexity index is 724. The molecule has 0 bridgehead atoms. The zero-order chi connectivity index (χ0) is 22.4. The molecule has 0 aliphatic rings. The van der Waals surface area contributed by atoms with Crippen LogP contribution in [0.2, 0.25) is 0 Å². The van der Waals surface area contributed by atoms with Crippen molar-refractivity contribution < 1.29 is 19.1 Å². The van der Waals surface area contributed by atoms with Crippen LogP contribution < -0.4 is 16.0 Å². The van der Waals surface area contributed by atoms with Gasteiger partial charge >= 0.3 is 12.0 Å². The van der Waals surface area contributed by atoms with Gasteiger partial charge in [-0.1, -0.05) is 29.8 Å². The predicted octanol–water partition coefficient (Wildman–Crippen LogP) is 4.22. The van der Waals surface area contributed by atoms with Crippen LogP contribution in [0.5, 0.6) is 0 Å². The molecular weight excluding hydrogens is 438 g/mol. The predicted molar refractivity (Wildman–Crippen MR) is 118 cm³/mol. The van der Waals surface area contributed by atoms with Crippen LogP contribution in [0.4, 0.5) is 10.5 Å². The number of hydrogen-bond donors (Lipinski definition) is 3. The summed E-state index contributed by atoms with van der Waals surface area (Å²) in [4.78, 5) is 37.6. The molecule has 0 aliphatic carbocycles. The number of rotatable bonds is 7. The molecule has 0 aromatic heterocycles. The molecule has 3 amide bonds. The van der Waals surface area contributed by atoms with Crippen molar-refractivity contribution in [1.29, 1.82) is 0 Å². The minimum atomic E-state index is -1.23. The number of hydrogen-bond acceptors (Lipinski definition) is 4. The molecule has 0 fully saturated rings. The molecule has 0 heterocycles. The van der Waals surface area contributed by atoms with Crippen LogP contribution in [0, 0.1) is 5.92 Å². The van der Waals surface area contributed by atoms with Gasteiger partial charge in [-0.15, -0.1) is 0 Å². The summed E-state index contributed by atoms with van der Waals surface area (Å²) in [5.74, 6) is -0.829. The standard InChI is InChI=1S/C21H32BrN3O4/c1-13(2)12-16(24-19(28)23-15-10-8-14(22)9-11-15)17(26)25-21(6,7)18(27)29-20(3,4)5/h8-11,13,16H,12H2,1-7H3,(H,25,26)(H2,23,24,28)/t16-/m1/s1. The zero-order valence-electron chi connectivity index (χ0n) is 18.2. The molecule has 0 unspecified atom stereocenters. The van der Waals surface area contributed by atoms with Gasteiger partial charge in [0.1, 0.15) is 17.2 Å². The molecule has 8 heteroatoms. The number of urea groups is 1. The van der Waals surface area contributed by atoms with Gasteiger partial charge in [-0.3, -0.25) is 4.79 Å². The van der Waals surface area contributed by atoms with Gasteiger partial charge in [-0.2, -0.15) is 0 Å². The van der Waals surface area contributed by atoms with Crippen molar-refractivity contribution in [2.45, 2.75) is 72.1 Å². The highest BCUT2D eigenvalue weighted by Crippen LogP contribution is 2.16. The lowest BCUT2D eigenvalue weighted by atomic mass is 10.00. The van der Waals surface area contributed by atoms with Crippen LogP contribution in [-0.2, 0) is 14.3 Å². The van der Waals surface area contributed by atoms with Crippen LogP contribution in [-0.4, -0.2) is 35.1 Å². The van der Waals surface area contributed by atoms with Crippen molar-refractivity contribution in [2.75, 3.05) is 5.32 Å². The third kappa shape index (κ3) is 9.30. The molecule has 0 saturated heterocycles. The second-order valence-electron chi connectivity index (χ2n) is 8.90. The lowest BCUT2D eigenvalue weighted by Crippen LogP contribution is -2.58. The number of amides is 3. The maximum Gasteiger partial charge on any atom is 0.331 e. The minimum Gasteiger partial charge on any atom is -0.458 e. The molecule has 0 aliphatic heterocycles. The normalized spacial score (nSPS) is 12.9. The zero-order valence-corrected chi connectivity index (χ0v) is 19.8. The number of ether oxygens (including phenoxy) is 1. The molecular formula is C21H32BrN3O4. The summed E-state index contributed by atoms with van der Waals surface area (Å²) in [5, 5.41) is 8.10. The van der Waals surface area contributed by atoms with Gasteiger partial charge < -0.3 is 20.7 Å². The quantitative estimate of drug-likeness (QED) is 0.520. The summed E-state index contributed by atoms with van der Waals surface area (Å²) in [6.45, 7) is 12.3. The third-order valence-electron chi connectivity index (χ3n) is 3.78.